The summed E-state index contributed by atoms with van der Waals surface area (Å²) in [5.74, 6) is 0.531. The first kappa shape index (κ1) is 32.3. The molecule has 4 rings (SSSR count). The monoisotopic (exact) mass is 636 g/mol. The number of allylic oxidation sites excluding steroid dienone is 1. The van der Waals surface area contributed by atoms with E-state index >= 15 is 0 Å². The smallest absolute Gasteiger partial charge is 0.338 e. The van der Waals surface area contributed by atoms with Gasteiger partial charge in [0, 0.05) is 21.8 Å². The van der Waals surface area contributed by atoms with Crippen LogP contribution in [0.5, 0.6) is 17.2 Å². The summed E-state index contributed by atoms with van der Waals surface area (Å²) in [5.41, 5.74) is 5.58. The number of amides is 1. The third-order valence-electron chi connectivity index (χ3n) is 6.36. The van der Waals surface area contributed by atoms with E-state index in [1.165, 1.54) is 6.21 Å². The normalized spacial score (nSPS) is 14.5. The van der Waals surface area contributed by atoms with E-state index in [0.29, 0.717) is 56.4 Å². The second kappa shape index (κ2) is 15.7. The Morgan fingerprint density at radius 2 is 1.75 bits per heavy atom. The molecular formula is C32H33ClN4O6S. The van der Waals surface area contributed by atoms with Crippen LogP contribution in [0.2, 0.25) is 5.02 Å². The van der Waals surface area contributed by atoms with E-state index in [1.807, 2.05) is 31.2 Å². The minimum Gasteiger partial charge on any atom is -0.490 e. The largest absolute Gasteiger partial charge is 0.490 e. The Balaban J connectivity index is 1.39. The number of ether oxygens (including phenoxy) is 4. The highest BCUT2D eigenvalue weighted by atomic mass is 35.5. The Bertz CT molecular complexity index is 1580. The lowest BCUT2D eigenvalue weighted by molar-refractivity contribution is -0.139. The fraction of sp³-hybridized carbons (Fsp3) is 0.250. The lowest BCUT2D eigenvalue weighted by Gasteiger charge is -2.30. The molecule has 0 bridgehead atoms. The minimum absolute atomic E-state index is 0.222. The van der Waals surface area contributed by atoms with Gasteiger partial charge in [0.1, 0.15) is 12.4 Å². The van der Waals surface area contributed by atoms with Crippen LogP contribution in [0.1, 0.15) is 43.5 Å². The van der Waals surface area contributed by atoms with Gasteiger partial charge >= 0.3 is 5.97 Å². The molecule has 1 amide bonds. The average molecular weight is 637 g/mol. The van der Waals surface area contributed by atoms with Crippen molar-refractivity contribution in [2.45, 2.75) is 33.4 Å². The van der Waals surface area contributed by atoms with E-state index in [0.717, 1.165) is 5.56 Å². The van der Waals surface area contributed by atoms with Gasteiger partial charge in [0.05, 0.1) is 31.0 Å². The molecule has 0 fully saturated rings. The van der Waals surface area contributed by atoms with Crippen LogP contribution in [-0.2, 0) is 20.9 Å². The zero-order valence-electron chi connectivity index (χ0n) is 24.5. The van der Waals surface area contributed by atoms with Crippen molar-refractivity contribution in [3.63, 3.8) is 0 Å². The SMILES string of the molecule is CCOC(=O)C1=C(C)NC(=S)N[C@@H]1c1ccccc1OCC(=O)NN=Cc1ccc(OCc2ccccc2Cl)c(OCC)c1. The molecule has 1 heterocycles. The summed E-state index contributed by atoms with van der Waals surface area (Å²) in [6, 6.07) is 19.2. The Hall–Kier alpha value is -4.61. The highest BCUT2D eigenvalue weighted by molar-refractivity contribution is 7.80. The number of nitrogens with zero attached hydrogens (tertiary/aromatic N) is 1. The highest BCUT2D eigenvalue weighted by Gasteiger charge is 2.32. The number of thiocarbonyl (C=S) groups is 1. The van der Waals surface area contributed by atoms with Crippen LogP contribution in [-0.4, -0.2) is 43.0 Å². The minimum atomic E-state index is -0.628. The van der Waals surface area contributed by atoms with Crippen molar-refractivity contribution in [2.24, 2.45) is 5.10 Å². The molecule has 1 aliphatic rings. The molecule has 12 heteroatoms. The summed E-state index contributed by atoms with van der Waals surface area (Å²) in [6.45, 7) is 5.99. The number of hydrogen-bond donors (Lipinski definition) is 3. The van der Waals surface area contributed by atoms with Gasteiger partial charge in [-0.3, -0.25) is 4.79 Å². The summed E-state index contributed by atoms with van der Waals surface area (Å²) in [5, 5.41) is 11.1. The topological polar surface area (TPSA) is 120 Å². The van der Waals surface area contributed by atoms with Crippen LogP contribution in [0.4, 0.5) is 0 Å². The second-order valence-corrected chi connectivity index (χ2v) is 10.2. The molecule has 0 unspecified atom stereocenters. The molecule has 0 aliphatic carbocycles. The van der Waals surface area contributed by atoms with Gasteiger partial charge in [-0.1, -0.05) is 48.0 Å². The van der Waals surface area contributed by atoms with Crippen LogP contribution < -0.4 is 30.3 Å². The number of carbonyl (C=O) groups is 2. The van der Waals surface area contributed by atoms with Gasteiger partial charge in [-0.15, -0.1) is 0 Å². The summed E-state index contributed by atoms with van der Waals surface area (Å²) in [7, 11) is 0. The number of benzene rings is 3. The molecule has 0 spiro atoms. The van der Waals surface area contributed by atoms with Gasteiger partial charge in [0.2, 0.25) is 0 Å². The number of nitrogens with one attached hydrogen (secondary N) is 3. The maximum atomic E-state index is 12.7. The Kier molecular flexibility index (Phi) is 11.6. The number of esters is 1. The van der Waals surface area contributed by atoms with Crippen LogP contribution in [0.15, 0.2) is 83.1 Å². The molecule has 0 saturated carbocycles. The van der Waals surface area contributed by atoms with Gasteiger partial charge < -0.3 is 29.6 Å². The molecule has 10 nitrogen and oxygen atoms in total. The quantitative estimate of drug-likeness (QED) is 0.101. The van der Waals surface area contributed by atoms with Crippen molar-refractivity contribution < 1.29 is 28.5 Å². The first-order chi connectivity index (χ1) is 21.3. The van der Waals surface area contributed by atoms with Crippen molar-refractivity contribution in [3.8, 4) is 17.2 Å². The molecule has 44 heavy (non-hydrogen) atoms. The first-order valence-electron chi connectivity index (χ1n) is 13.9. The van der Waals surface area contributed by atoms with Crippen molar-refractivity contribution in [1.29, 1.82) is 0 Å². The van der Waals surface area contributed by atoms with E-state index in [4.69, 9.17) is 42.8 Å². The van der Waals surface area contributed by atoms with Crippen molar-refractivity contribution >= 4 is 47.0 Å². The van der Waals surface area contributed by atoms with Crippen LogP contribution >= 0.6 is 23.8 Å². The first-order valence-corrected chi connectivity index (χ1v) is 14.7. The van der Waals surface area contributed by atoms with E-state index in [-0.39, 0.29) is 19.8 Å². The van der Waals surface area contributed by atoms with Crippen molar-refractivity contribution in [3.05, 3.63) is 99.7 Å². The molecule has 0 aromatic heterocycles. The summed E-state index contributed by atoms with van der Waals surface area (Å²) >= 11 is 11.6. The number of carbonyl (C=O) groups excluding carboxylic acids is 2. The predicted molar refractivity (Wildman–Crippen MR) is 172 cm³/mol. The lowest BCUT2D eigenvalue weighted by Crippen LogP contribution is -2.45. The average Bonchev–Trinajstić information content (AvgIpc) is 3.00. The highest BCUT2D eigenvalue weighted by Crippen LogP contribution is 2.34. The van der Waals surface area contributed by atoms with Crippen molar-refractivity contribution in [2.75, 3.05) is 19.8 Å². The molecule has 3 N–H and O–H groups in total. The lowest BCUT2D eigenvalue weighted by atomic mass is 9.95. The molecule has 1 aliphatic heterocycles. The molecule has 3 aromatic rings. The van der Waals surface area contributed by atoms with E-state index < -0.39 is 17.9 Å². The van der Waals surface area contributed by atoms with Gasteiger partial charge in [-0.25, -0.2) is 10.2 Å². The molecule has 0 saturated heterocycles. The summed E-state index contributed by atoms with van der Waals surface area (Å²) < 4.78 is 22.8. The van der Waals surface area contributed by atoms with Gasteiger partial charge in [-0.05, 0) is 68.9 Å². The number of hydrogen-bond acceptors (Lipinski definition) is 8. The van der Waals surface area contributed by atoms with Crippen LogP contribution in [0.25, 0.3) is 0 Å². The van der Waals surface area contributed by atoms with E-state index in [2.05, 4.69) is 21.2 Å². The maximum Gasteiger partial charge on any atom is 0.338 e. The van der Waals surface area contributed by atoms with E-state index in [9.17, 15) is 9.59 Å². The third-order valence-corrected chi connectivity index (χ3v) is 6.95. The van der Waals surface area contributed by atoms with E-state index in [1.54, 1.807) is 56.3 Å². The Morgan fingerprint density at radius 3 is 2.52 bits per heavy atom. The molecule has 3 aromatic carbocycles. The fourth-order valence-electron chi connectivity index (χ4n) is 4.37. The van der Waals surface area contributed by atoms with Gasteiger partial charge in [0.15, 0.2) is 23.2 Å². The zero-order chi connectivity index (χ0) is 31.5. The predicted octanol–water partition coefficient (Wildman–Crippen LogP) is 5.20. The summed E-state index contributed by atoms with van der Waals surface area (Å²) in [6.07, 6.45) is 1.49. The molecular weight excluding hydrogens is 604 g/mol. The number of hydrazone groups is 1. The third kappa shape index (κ3) is 8.48. The Morgan fingerprint density at radius 1 is 0.977 bits per heavy atom. The number of halogens is 1. The standard InChI is InChI=1S/C32H33ClN4O6S/c1-4-40-27-16-21(14-15-26(27)42-18-22-10-6-8-12-24(22)33)17-34-37-28(38)19-43-25-13-9-7-11-23(25)30-29(31(39)41-5-2)20(3)35-32(44)36-30/h6-17,30H,4-5,18-19H2,1-3H3,(H,37,38)(H2,35,36,44)/t30-/m1/s1. The Labute approximate surface area is 266 Å². The number of para-hydroxylation sites is 1. The van der Waals surface area contributed by atoms with Gasteiger partial charge in [0.25, 0.3) is 5.91 Å². The number of rotatable bonds is 13. The molecule has 230 valence electrons. The maximum absolute atomic E-state index is 12.7. The zero-order valence-corrected chi connectivity index (χ0v) is 26.1. The van der Waals surface area contributed by atoms with Crippen molar-refractivity contribution in [1.82, 2.24) is 16.1 Å². The molecule has 0 radical (unpaired) electrons. The second-order valence-electron chi connectivity index (χ2n) is 9.43. The summed E-state index contributed by atoms with van der Waals surface area (Å²) in [4.78, 5) is 25.3. The van der Waals surface area contributed by atoms with Crippen LogP contribution in [0, 0.1) is 0 Å². The molecule has 1 atom stereocenters. The van der Waals surface area contributed by atoms with Crippen LogP contribution in [0.3, 0.4) is 0 Å². The van der Waals surface area contributed by atoms with Gasteiger partial charge in [-0.2, -0.15) is 5.10 Å². The fourth-order valence-corrected chi connectivity index (χ4v) is 4.84.